The van der Waals surface area contributed by atoms with Crippen LogP contribution in [0.5, 0.6) is 5.75 Å². The highest BCUT2D eigenvalue weighted by Gasteiger charge is 2.13. The Morgan fingerprint density at radius 3 is 1.80 bits per heavy atom. The Morgan fingerprint density at radius 2 is 1.30 bits per heavy atom. The van der Waals surface area contributed by atoms with Crippen LogP contribution in [-0.2, 0) is 21.6 Å². The fraction of sp³-hybridized carbons (Fsp3) is 0.231. The zero-order valence-electron chi connectivity index (χ0n) is 17.8. The third-order valence-electron chi connectivity index (χ3n) is 4.76. The zero-order chi connectivity index (χ0) is 21.7. The van der Waals surface area contributed by atoms with E-state index in [-0.39, 0.29) is 24.0 Å². The van der Waals surface area contributed by atoms with Crippen LogP contribution in [0, 0.1) is 0 Å². The molecule has 4 nitrogen and oxygen atoms in total. The van der Waals surface area contributed by atoms with Crippen molar-refractivity contribution in [3.63, 3.8) is 0 Å². The number of rotatable bonds is 5. The molecule has 0 atom stereocenters. The molecule has 4 heteroatoms. The number of carbonyl (C=O) groups excluding carboxylic acids is 2. The molecule has 0 N–H and O–H groups in total. The number of esters is 2. The summed E-state index contributed by atoms with van der Waals surface area (Å²) in [6.07, 6.45) is 0. The van der Waals surface area contributed by atoms with Crippen LogP contribution < -0.4 is 4.74 Å². The summed E-state index contributed by atoms with van der Waals surface area (Å²) in [5, 5.41) is 0. The molecule has 0 heterocycles. The van der Waals surface area contributed by atoms with Gasteiger partial charge in [0.2, 0.25) is 0 Å². The fourth-order valence-electron chi connectivity index (χ4n) is 3.01. The summed E-state index contributed by atoms with van der Waals surface area (Å²) in [5.74, 6) is -0.204. The minimum absolute atomic E-state index is 0.0950. The molecule has 3 rings (SSSR count). The van der Waals surface area contributed by atoms with Crippen LogP contribution in [0.2, 0.25) is 0 Å². The average molecular weight is 402 g/mol. The number of benzene rings is 3. The molecule has 3 aromatic rings. The molecule has 0 fully saturated rings. The fourth-order valence-corrected chi connectivity index (χ4v) is 3.01. The van der Waals surface area contributed by atoms with E-state index < -0.39 is 0 Å². The van der Waals surface area contributed by atoms with Gasteiger partial charge in [-0.15, -0.1) is 0 Å². The second-order valence-electron chi connectivity index (χ2n) is 8.22. The summed E-state index contributed by atoms with van der Waals surface area (Å²) in [4.78, 5) is 23.4. The van der Waals surface area contributed by atoms with E-state index >= 15 is 0 Å². The van der Waals surface area contributed by atoms with Crippen LogP contribution in [0.15, 0.2) is 72.8 Å². The lowest BCUT2D eigenvalue weighted by molar-refractivity contribution is -0.131. The Hall–Kier alpha value is -3.40. The van der Waals surface area contributed by atoms with E-state index in [1.165, 1.54) is 12.5 Å². The van der Waals surface area contributed by atoms with E-state index in [9.17, 15) is 9.59 Å². The minimum atomic E-state index is -0.355. The van der Waals surface area contributed by atoms with Crippen molar-refractivity contribution in [2.45, 2.75) is 39.7 Å². The average Bonchev–Trinajstić information content (AvgIpc) is 2.72. The second kappa shape index (κ2) is 8.95. The van der Waals surface area contributed by atoms with Crippen molar-refractivity contribution in [3.05, 3.63) is 89.5 Å². The Bertz CT molecular complexity index is 1010. The SMILES string of the molecule is CC(=O)Oc1ccc(-c2ccc(C(=O)OCc3ccc(C(C)(C)C)cc3)cc2)cc1. The molecular weight excluding hydrogens is 376 g/mol. The predicted molar refractivity (Wildman–Crippen MR) is 117 cm³/mol. The van der Waals surface area contributed by atoms with Gasteiger partial charge in [-0.25, -0.2) is 4.79 Å². The first kappa shape index (κ1) is 21.3. The number of hydrogen-bond acceptors (Lipinski definition) is 4. The van der Waals surface area contributed by atoms with Gasteiger partial charge >= 0.3 is 11.9 Å². The monoisotopic (exact) mass is 402 g/mol. The standard InChI is InChI=1S/C26H26O4/c1-18(27)30-24-15-11-21(12-16-24)20-7-9-22(10-8-20)25(28)29-17-19-5-13-23(14-6-19)26(2,3)4/h5-16H,17H2,1-4H3. The van der Waals surface area contributed by atoms with Gasteiger partial charge in [-0.1, -0.05) is 69.3 Å². The Labute approximate surface area is 177 Å². The van der Waals surface area contributed by atoms with Crippen molar-refractivity contribution in [2.24, 2.45) is 0 Å². The van der Waals surface area contributed by atoms with E-state index in [4.69, 9.17) is 9.47 Å². The van der Waals surface area contributed by atoms with Gasteiger partial charge in [0.25, 0.3) is 0 Å². The molecule has 0 radical (unpaired) electrons. The number of ether oxygens (including phenoxy) is 2. The maximum atomic E-state index is 12.4. The highest BCUT2D eigenvalue weighted by molar-refractivity contribution is 5.90. The van der Waals surface area contributed by atoms with Crippen molar-refractivity contribution >= 4 is 11.9 Å². The van der Waals surface area contributed by atoms with E-state index in [1.54, 1.807) is 24.3 Å². The van der Waals surface area contributed by atoms with E-state index in [1.807, 2.05) is 36.4 Å². The minimum Gasteiger partial charge on any atom is -0.457 e. The van der Waals surface area contributed by atoms with E-state index in [0.717, 1.165) is 16.7 Å². The lowest BCUT2D eigenvalue weighted by atomic mass is 9.87. The molecule has 0 aliphatic carbocycles. The smallest absolute Gasteiger partial charge is 0.338 e. The normalized spacial score (nSPS) is 11.1. The van der Waals surface area contributed by atoms with Gasteiger partial charge < -0.3 is 9.47 Å². The summed E-state index contributed by atoms with van der Waals surface area (Å²) >= 11 is 0. The van der Waals surface area contributed by atoms with E-state index in [2.05, 4.69) is 32.9 Å². The predicted octanol–water partition coefficient (Wildman–Crippen LogP) is 5.93. The molecule has 0 saturated heterocycles. The largest absolute Gasteiger partial charge is 0.457 e. The molecule has 30 heavy (non-hydrogen) atoms. The zero-order valence-corrected chi connectivity index (χ0v) is 17.8. The van der Waals surface area contributed by atoms with Crippen molar-refractivity contribution in [3.8, 4) is 16.9 Å². The van der Waals surface area contributed by atoms with Gasteiger partial charge in [0.15, 0.2) is 0 Å². The van der Waals surface area contributed by atoms with Crippen molar-refractivity contribution in [1.29, 1.82) is 0 Å². The van der Waals surface area contributed by atoms with Gasteiger partial charge in [0.1, 0.15) is 12.4 Å². The molecule has 0 spiro atoms. The molecular formula is C26H26O4. The highest BCUT2D eigenvalue weighted by Crippen LogP contribution is 2.24. The second-order valence-corrected chi connectivity index (χ2v) is 8.22. The summed E-state index contributed by atoms with van der Waals surface area (Å²) in [6.45, 7) is 8.11. The van der Waals surface area contributed by atoms with Gasteiger partial charge in [0, 0.05) is 6.92 Å². The van der Waals surface area contributed by atoms with Gasteiger partial charge in [-0.3, -0.25) is 4.79 Å². The molecule has 0 bridgehead atoms. The highest BCUT2D eigenvalue weighted by atomic mass is 16.5. The van der Waals surface area contributed by atoms with Crippen LogP contribution in [0.1, 0.15) is 49.2 Å². The third kappa shape index (κ3) is 5.57. The third-order valence-corrected chi connectivity index (χ3v) is 4.76. The first-order valence-electron chi connectivity index (χ1n) is 9.88. The molecule has 0 aliphatic heterocycles. The van der Waals surface area contributed by atoms with Crippen LogP contribution in [0.25, 0.3) is 11.1 Å². The van der Waals surface area contributed by atoms with E-state index in [0.29, 0.717) is 11.3 Å². The molecule has 0 unspecified atom stereocenters. The summed E-state index contributed by atoms with van der Waals surface area (Å²) in [5.41, 5.74) is 4.72. The Balaban J connectivity index is 1.60. The van der Waals surface area contributed by atoms with Crippen molar-refractivity contribution in [2.75, 3.05) is 0 Å². The van der Waals surface area contributed by atoms with Crippen LogP contribution in [0.4, 0.5) is 0 Å². The van der Waals surface area contributed by atoms with Gasteiger partial charge in [-0.2, -0.15) is 0 Å². The lowest BCUT2D eigenvalue weighted by Gasteiger charge is -2.19. The topological polar surface area (TPSA) is 52.6 Å². The Morgan fingerprint density at radius 1 is 0.767 bits per heavy atom. The summed E-state index contributed by atoms with van der Waals surface area (Å²) in [6, 6.07) is 22.6. The molecule has 0 amide bonds. The van der Waals surface area contributed by atoms with Crippen LogP contribution in [-0.4, -0.2) is 11.9 Å². The Kier molecular flexibility index (Phi) is 6.36. The van der Waals surface area contributed by atoms with Crippen molar-refractivity contribution < 1.29 is 19.1 Å². The lowest BCUT2D eigenvalue weighted by Crippen LogP contribution is -2.11. The van der Waals surface area contributed by atoms with Crippen LogP contribution >= 0.6 is 0 Å². The first-order valence-corrected chi connectivity index (χ1v) is 9.88. The van der Waals surface area contributed by atoms with Gasteiger partial charge in [-0.05, 0) is 51.9 Å². The molecule has 0 aliphatic rings. The summed E-state index contributed by atoms with van der Waals surface area (Å²) in [7, 11) is 0. The maximum Gasteiger partial charge on any atom is 0.338 e. The number of hydrogen-bond donors (Lipinski definition) is 0. The maximum absolute atomic E-state index is 12.4. The van der Waals surface area contributed by atoms with Crippen LogP contribution in [0.3, 0.4) is 0 Å². The van der Waals surface area contributed by atoms with Gasteiger partial charge in [0.05, 0.1) is 5.56 Å². The summed E-state index contributed by atoms with van der Waals surface area (Å²) < 4.78 is 10.5. The first-order chi connectivity index (χ1) is 14.2. The molecule has 154 valence electrons. The quantitative estimate of drug-likeness (QED) is 0.392. The van der Waals surface area contributed by atoms with Crippen molar-refractivity contribution in [1.82, 2.24) is 0 Å². The molecule has 0 aromatic heterocycles. The number of carbonyl (C=O) groups is 2. The molecule has 3 aromatic carbocycles. The molecule has 0 saturated carbocycles.